The Bertz CT molecular complexity index is 555. The van der Waals surface area contributed by atoms with E-state index in [0.29, 0.717) is 5.69 Å². The van der Waals surface area contributed by atoms with Crippen molar-refractivity contribution in [3.05, 3.63) is 59.7 Å². The van der Waals surface area contributed by atoms with E-state index in [2.05, 4.69) is 0 Å². The van der Waals surface area contributed by atoms with Crippen molar-refractivity contribution in [3.63, 3.8) is 0 Å². The summed E-state index contributed by atoms with van der Waals surface area (Å²) in [5, 5.41) is 0. The van der Waals surface area contributed by atoms with Crippen molar-refractivity contribution < 1.29 is 8.78 Å². The lowest BCUT2D eigenvalue weighted by atomic mass is 10.1. The van der Waals surface area contributed by atoms with Gasteiger partial charge in [0.1, 0.15) is 0 Å². The molecule has 2 aromatic rings. The summed E-state index contributed by atoms with van der Waals surface area (Å²) in [6, 6.07) is 13.2. The second-order valence-electron chi connectivity index (χ2n) is 4.38. The van der Waals surface area contributed by atoms with Crippen molar-refractivity contribution in [1.82, 2.24) is 0 Å². The molecular formula is C15H15F2NS. The molecule has 19 heavy (non-hydrogen) atoms. The Morgan fingerprint density at radius 1 is 1.11 bits per heavy atom. The number of halogens is 2. The van der Waals surface area contributed by atoms with Crippen molar-refractivity contribution >= 4 is 17.4 Å². The van der Waals surface area contributed by atoms with E-state index in [0.717, 1.165) is 22.2 Å². The quantitative estimate of drug-likeness (QED) is 0.660. The highest BCUT2D eigenvalue weighted by atomic mass is 32.2. The molecule has 0 aromatic heterocycles. The van der Waals surface area contributed by atoms with Gasteiger partial charge in [0, 0.05) is 16.1 Å². The maximum absolute atomic E-state index is 14.0. The predicted octanol–water partition coefficient (Wildman–Crippen LogP) is 4.46. The standard InChI is InChI=1S/C15H15F2NS/c1-11-9-13(7-8-14(11)18)19-10-15(16,17)12-5-3-2-4-6-12/h2-9H,10,18H2,1H3. The lowest BCUT2D eigenvalue weighted by Crippen LogP contribution is -2.16. The third-order valence-electron chi connectivity index (χ3n) is 2.86. The molecule has 0 radical (unpaired) electrons. The van der Waals surface area contributed by atoms with Crippen molar-refractivity contribution in [2.75, 3.05) is 11.5 Å². The van der Waals surface area contributed by atoms with E-state index < -0.39 is 5.92 Å². The van der Waals surface area contributed by atoms with E-state index in [4.69, 9.17) is 5.73 Å². The maximum atomic E-state index is 14.0. The largest absolute Gasteiger partial charge is 0.399 e. The molecule has 100 valence electrons. The molecule has 4 heteroatoms. The van der Waals surface area contributed by atoms with Crippen LogP contribution < -0.4 is 5.73 Å². The van der Waals surface area contributed by atoms with Gasteiger partial charge in [-0.25, -0.2) is 8.78 Å². The highest BCUT2D eigenvalue weighted by Crippen LogP contribution is 2.35. The fourth-order valence-corrected chi connectivity index (χ4v) is 2.62. The van der Waals surface area contributed by atoms with Crippen molar-refractivity contribution in [1.29, 1.82) is 0 Å². The molecule has 0 fully saturated rings. The Balaban J connectivity index is 2.07. The summed E-state index contributed by atoms with van der Waals surface area (Å²) in [5.74, 6) is -3.11. The van der Waals surface area contributed by atoms with E-state index in [-0.39, 0.29) is 11.3 Å². The molecule has 0 spiro atoms. The van der Waals surface area contributed by atoms with Gasteiger partial charge >= 0.3 is 0 Å². The van der Waals surface area contributed by atoms with Crippen molar-refractivity contribution in [2.45, 2.75) is 17.7 Å². The highest BCUT2D eigenvalue weighted by molar-refractivity contribution is 7.99. The van der Waals surface area contributed by atoms with Crippen LogP contribution >= 0.6 is 11.8 Å². The number of nitrogens with two attached hydrogens (primary N) is 1. The number of alkyl halides is 2. The minimum absolute atomic E-state index is 0.0506. The van der Waals surface area contributed by atoms with Gasteiger partial charge < -0.3 is 5.73 Å². The summed E-state index contributed by atoms with van der Waals surface area (Å²) < 4.78 is 28.0. The average Bonchev–Trinajstić information content (AvgIpc) is 2.41. The molecule has 0 aliphatic heterocycles. The minimum Gasteiger partial charge on any atom is -0.399 e. The Labute approximate surface area is 115 Å². The van der Waals surface area contributed by atoms with Crippen LogP contribution in [0, 0.1) is 6.92 Å². The first kappa shape index (κ1) is 13.9. The second kappa shape index (κ2) is 5.61. The Kier molecular flexibility index (Phi) is 4.10. The van der Waals surface area contributed by atoms with Crippen molar-refractivity contribution in [3.8, 4) is 0 Å². The van der Waals surface area contributed by atoms with Gasteiger partial charge in [0.25, 0.3) is 5.92 Å². The van der Waals surface area contributed by atoms with Crippen LogP contribution in [-0.4, -0.2) is 5.75 Å². The lowest BCUT2D eigenvalue weighted by molar-refractivity contribution is 0.0232. The fourth-order valence-electron chi connectivity index (χ4n) is 1.68. The number of hydrogen-bond donors (Lipinski definition) is 1. The molecule has 0 unspecified atom stereocenters. The maximum Gasteiger partial charge on any atom is 0.282 e. The van der Waals surface area contributed by atoms with Crippen LogP contribution in [0.25, 0.3) is 0 Å². The molecule has 2 rings (SSSR count). The van der Waals surface area contributed by atoms with Gasteiger partial charge in [0.15, 0.2) is 0 Å². The van der Waals surface area contributed by atoms with Crippen LogP contribution in [0.15, 0.2) is 53.4 Å². The normalized spacial score (nSPS) is 11.5. The summed E-state index contributed by atoms with van der Waals surface area (Å²) in [5.41, 5.74) is 7.34. The van der Waals surface area contributed by atoms with Gasteiger partial charge in [-0.15, -0.1) is 11.8 Å². The zero-order chi connectivity index (χ0) is 13.9. The first-order valence-corrected chi connectivity index (χ1v) is 6.90. The molecule has 0 aliphatic carbocycles. The summed E-state index contributed by atoms with van der Waals surface area (Å²) in [6.07, 6.45) is 0. The molecule has 0 saturated heterocycles. The van der Waals surface area contributed by atoms with E-state index in [1.165, 1.54) is 12.1 Å². The van der Waals surface area contributed by atoms with E-state index >= 15 is 0 Å². The van der Waals surface area contributed by atoms with Crippen LogP contribution in [0.2, 0.25) is 0 Å². The van der Waals surface area contributed by atoms with Crippen LogP contribution in [0.3, 0.4) is 0 Å². The van der Waals surface area contributed by atoms with E-state index in [1.54, 1.807) is 30.3 Å². The Hall–Kier alpha value is -1.55. The molecule has 2 aromatic carbocycles. The third-order valence-corrected chi connectivity index (χ3v) is 3.95. The van der Waals surface area contributed by atoms with Crippen molar-refractivity contribution in [2.24, 2.45) is 0 Å². The Morgan fingerprint density at radius 2 is 1.79 bits per heavy atom. The zero-order valence-electron chi connectivity index (χ0n) is 10.6. The second-order valence-corrected chi connectivity index (χ2v) is 5.43. The van der Waals surface area contributed by atoms with E-state index in [9.17, 15) is 8.78 Å². The van der Waals surface area contributed by atoms with Gasteiger partial charge in [-0.05, 0) is 30.7 Å². The van der Waals surface area contributed by atoms with Crippen LogP contribution in [0.1, 0.15) is 11.1 Å². The molecule has 0 atom stereocenters. The summed E-state index contributed by atoms with van der Waals surface area (Å²) in [7, 11) is 0. The SMILES string of the molecule is Cc1cc(SCC(F)(F)c2ccccc2)ccc1N. The molecule has 0 heterocycles. The topological polar surface area (TPSA) is 26.0 Å². The lowest BCUT2D eigenvalue weighted by Gasteiger charge is -2.16. The molecule has 2 N–H and O–H groups in total. The van der Waals surface area contributed by atoms with Gasteiger partial charge in [0.05, 0.1) is 5.75 Å². The molecular weight excluding hydrogens is 264 g/mol. The zero-order valence-corrected chi connectivity index (χ0v) is 11.4. The first-order chi connectivity index (χ1) is 8.99. The van der Waals surface area contributed by atoms with Gasteiger partial charge in [0.2, 0.25) is 0 Å². The molecule has 1 nitrogen and oxygen atoms in total. The smallest absolute Gasteiger partial charge is 0.282 e. The number of thioether (sulfide) groups is 1. The van der Waals surface area contributed by atoms with Crippen LogP contribution in [-0.2, 0) is 5.92 Å². The van der Waals surface area contributed by atoms with Crippen LogP contribution in [0.4, 0.5) is 14.5 Å². The number of hydrogen-bond acceptors (Lipinski definition) is 2. The predicted molar refractivity (Wildman–Crippen MR) is 76.7 cm³/mol. The van der Waals surface area contributed by atoms with E-state index in [1.807, 2.05) is 13.0 Å². The molecule has 0 amide bonds. The van der Waals surface area contributed by atoms with Gasteiger partial charge in [-0.3, -0.25) is 0 Å². The van der Waals surface area contributed by atoms with Gasteiger partial charge in [-0.1, -0.05) is 30.3 Å². The number of aryl methyl sites for hydroxylation is 1. The number of rotatable bonds is 4. The molecule has 0 aliphatic rings. The first-order valence-electron chi connectivity index (χ1n) is 5.91. The average molecular weight is 279 g/mol. The highest BCUT2D eigenvalue weighted by Gasteiger charge is 2.31. The minimum atomic E-state index is -2.83. The van der Waals surface area contributed by atoms with Crippen LogP contribution in [0.5, 0.6) is 0 Å². The number of anilines is 1. The summed E-state index contributed by atoms with van der Waals surface area (Å²) in [6.45, 7) is 1.87. The summed E-state index contributed by atoms with van der Waals surface area (Å²) in [4.78, 5) is 0.808. The molecule has 0 saturated carbocycles. The Morgan fingerprint density at radius 3 is 2.42 bits per heavy atom. The number of nitrogen functional groups attached to an aromatic ring is 1. The number of benzene rings is 2. The fraction of sp³-hybridized carbons (Fsp3) is 0.200. The molecule has 0 bridgehead atoms. The summed E-state index contributed by atoms with van der Waals surface area (Å²) >= 11 is 1.14. The monoisotopic (exact) mass is 279 g/mol. The van der Waals surface area contributed by atoms with Gasteiger partial charge in [-0.2, -0.15) is 0 Å². The third kappa shape index (κ3) is 3.47.